The van der Waals surface area contributed by atoms with E-state index in [1.54, 1.807) is 11.3 Å². The van der Waals surface area contributed by atoms with E-state index in [-0.39, 0.29) is 11.9 Å². The SMILES string of the molecule is CNC(c1ccc2c(c1)C(=O)NCCC2)c1sccc1Br. The lowest BCUT2D eigenvalue weighted by Crippen LogP contribution is -2.23. The van der Waals surface area contributed by atoms with E-state index in [4.69, 9.17) is 0 Å². The number of rotatable bonds is 3. The molecule has 5 heteroatoms. The molecule has 0 radical (unpaired) electrons. The minimum atomic E-state index is 0.0458. The summed E-state index contributed by atoms with van der Waals surface area (Å²) < 4.78 is 1.10. The summed E-state index contributed by atoms with van der Waals surface area (Å²) in [5.41, 5.74) is 3.09. The van der Waals surface area contributed by atoms with Gasteiger partial charge in [-0.3, -0.25) is 4.79 Å². The Bertz CT molecular complexity index is 668. The van der Waals surface area contributed by atoms with E-state index >= 15 is 0 Å². The summed E-state index contributed by atoms with van der Waals surface area (Å²) >= 11 is 5.30. The number of fused-ring (bicyclic) bond motifs is 1. The quantitative estimate of drug-likeness (QED) is 0.874. The maximum atomic E-state index is 12.2. The number of carbonyl (C=O) groups is 1. The molecular weight excluding hydrogens is 348 g/mol. The smallest absolute Gasteiger partial charge is 0.251 e. The minimum absolute atomic E-state index is 0.0458. The molecule has 2 N–H and O–H groups in total. The van der Waals surface area contributed by atoms with Gasteiger partial charge in [-0.15, -0.1) is 11.3 Å². The summed E-state index contributed by atoms with van der Waals surface area (Å²) in [5, 5.41) is 8.38. The Morgan fingerprint density at radius 2 is 2.24 bits per heavy atom. The Morgan fingerprint density at radius 3 is 2.95 bits per heavy atom. The number of hydrogen-bond donors (Lipinski definition) is 2. The van der Waals surface area contributed by atoms with Crippen LogP contribution in [0.4, 0.5) is 0 Å². The zero-order valence-corrected chi connectivity index (χ0v) is 14.2. The molecule has 1 aliphatic heterocycles. The molecule has 0 bridgehead atoms. The van der Waals surface area contributed by atoms with Crippen LogP contribution in [0.1, 0.15) is 38.8 Å². The molecule has 0 fully saturated rings. The van der Waals surface area contributed by atoms with Crippen molar-refractivity contribution in [1.29, 1.82) is 0 Å². The Hall–Kier alpha value is -1.17. The van der Waals surface area contributed by atoms with Gasteiger partial charge in [0.2, 0.25) is 0 Å². The van der Waals surface area contributed by atoms with Crippen LogP contribution in [0.3, 0.4) is 0 Å². The molecule has 0 saturated heterocycles. The van der Waals surface area contributed by atoms with Crippen LogP contribution in [0.5, 0.6) is 0 Å². The predicted octanol–water partition coefficient (Wildman–Crippen LogP) is 3.50. The number of halogens is 1. The predicted molar refractivity (Wildman–Crippen MR) is 90.0 cm³/mol. The molecule has 1 unspecified atom stereocenters. The van der Waals surface area contributed by atoms with Crippen molar-refractivity contribution in [1.82, 2.24) is 10.6 Å². The van der Waals surface area contributed by atoms with Gasteiger partial charge in [-0.2, -0.15) is 0 Å². The molecule has 110 valence electrons. The van der Waals surface area contributed by atoms with Gasteiger partial charge in [0.05, 0.1) is 6.04 Å². The number of amides is 1. The fourth-order valence-electron chi connectivity index (χ4n) is 2.74. The molecule has 1 amide bonds. The summed E-state index contributed by atoms with van der Waals surface area (Å²) in [6.07, 6.45) is 1.96. The van der Waals surface area contributed by atoms with Crippen LogP contribution in [-0.4, -0.2) is 19.5 Å². The lowest BCUT2D eigenvalue weighted by Gasteiger charge is -2.18. The zero-order chi connectivity index (χ0) is 14.8. The van der Waals surface area contributed by atoms with E-state index < -0.39 is 0 Å². The largest absolute Gasteiger partial charge is 0.352 e. The molecule has 0 aliphatic carbocycles. The molecule has 1 aromatic heterocycles. The number of aryl methyl sites for hydroxylation is 1. The molecule has 1 aromatic carbocycles. The molecule has 1 aliphatic rings. The highest BCUT2D eigenvalue weighted by Gasteiger charge is 2.20. The van der Waals surface area contributed by atoms with Crippen LogP contribution in [-0.2, 0) is 6.42 Å². The van der Waals surface area contributed by atoms with Crippen molar-refractivity contribution in [2.75, 3.05) is 13.6 Å². The Morgan fingerprint density at radius 1 is 1.38 bits per heavy atom. The third-order valence-corrected chi connectivity index (χ3v) is 5.75. The second-order valence-electron chi connectivity index (χ2n) is 5.13. The maximum Gasteiger partial charge on any atom is 0.251 e. The van der Waals surface area contributed by atoms with Crippen molar-refractivity contribution >= 4 is 33.2 Å². The zero-order valence-electron chi connectivity index (χ0n) is 11.8. The average Bonchev–Trinajstić information content (AvgIpc) is 2.82. The Kier molecular flexibility index (Phi) is 4.42. The molecule has 0 saturated carbocycles. The number of nitrogens with one attached hydrogen (secondary N) is 2. The number of thiophene rings is 1. The first-order chi connectivity index (χ1) is 10.2. The van der Waals surface area contributed by atoms with Crippen LogP contribution in [0, 0.1) is 0 Å². The minimum Gasteiger partial charge on any atom is -0.352 e. The van der Waals surface area contributed by atoms with E-state index in [0.717, 1.165) is 40.5 Å². The van der Waals surface area contributed by atoms with Crippen LogP contribution >= 0.6 is 27.3 Å². The molecule has 2 aromatic rings. The Balaban J connectivity index is 2.02. The van der Waals surface area contributed by atoms with Gasteiger partial charge in [0.1, 0.15) is 0 Å². The average molecular weight is 365 g/mol. The first-order valence-electron chi connectivity index (χ1n) is 7.02. The van der Waals surface area contributed by atoms with Crippen molar-refractivity contribution in [3.8, 4) is 0 Å². The van der Waals surface area contributed by atoms with Crippen LogP contribution in [0.15, 0.2) is 34.1 Å². The van der Waals surface area contributed by atoms with Crippen LogP contribution in [0.25, 0.3) is 0 Å². The van der Waals surface area contributed by atoms with E-state index in [1.165, 1.54) is 4.88 Å². The summed E-state index contributed by atoms with van der Waals surface area (Å²) in [5.74, 6) is 0.0458. The standard InChI is InChI=1S/C16H17BrN2OS/c1-18-14(15-13(17)6-8-21-15)11-5-4-10-3-2-7-19-16(20)12(10)9-11/h4-6,8-9,14,18H,2-3,7H2,1H3,(H,19,20). The van der Waals surface area contributed by atoms with Gasteiger partial charge in [-0.1, -0.05) is 12.1 Å². The van der Waals surface area contributed by atoms with Gasteiger partial charge in [-0.25, -0.2) is 0 Å². The van der Waals surface area contributed by atoms with Crippen molar-refractivity contribution in [2.24, 2.45) is 0 Å². The van der Waals surface area contributed by atoms with Crippen molar-refractivity contribution in [3.05, 3.63) is 55.7 Å². The highest BCUT2D eigenvalue weighted by molar-refractivity contribution is 9.10. The van der Waals surface area contributed by atoms with Crippen LogP contribution < -0.4 is 10.6 Å². The van der Waals surface area contributed by atoms with Gasteiger partial charge < -0.3 is 10.6 Å². The van der Waals surface area contributed by atoms with Gasteiger partial charge in [-0.05, 0) is 64.5 Å². The monoisotopic (exact) mass is 364 g/mol. The molecule has 3 rings (SSSR count). The van der Waals surface area contributed by atoms with E-state index in [1.807, 2.05) is 13.1 Å². The van der Waals surface area contributed by atoms with Crippen molar-refractivity contribution in [2.45, 2.75) is 18.9 Å². The lowest BCUT2D eigenvalue weighted by atomic mass is 9.97. The molecule has 0 spiro atoms. The molecule has 21 heavy (non-hydrogen) atoms. The lowest BCUT2D eigenvalue weighted by molar-refractivity contribution is 0.0956. The maximum absolute atomic E-state index is 12.2. The first kappa shape index (κ1) is 14.8. The van der Waals surface area contributed by atoms with Gasteiger partial charge in [0, 0.05) is 21.5 Å². The van der Waals surface area contributed by atoms with Crippen molar-refractivity contribution in [3.63, 3.8) is 0 Å². The normalized spacial score (nSPS) is 16.0. The van der Waals surface area contributed by atoms with E-state index in [9.17, 15) is 4.79 Å². The highest BCUT2D eigenvalue weighted by Crippen LogP contribution is 2.33. The number of benzene rings is 1. The van der Waals surface area contributed by atoms with Gasteiger partial charge >= 0.3 is 0 Å². The summed E-state index contributed by atoms with van der Waals surface area (Å²) in [7, 11) is 1.95. The summed E-state index contributed by atoms with van der Waals surface area (Å²) in [6, 6.07) is 8.41. The van der Waals surface area contributed by atoms with Gasteiger partial charge in [0.25, 0.3) is 5.91 Å². The fraction of sp³-hybridized carbons (Fsp3) is 0.312. The first-order valence-corrected chi connectivity index (χ1v) is 8.69. The summed E-state index contributed by atoms with van der Waals surface area (Å²) in [6.45, 7) is 0.759. The summed E-state index contributed by atoms with van der Waals surface area (Å²) in [4.78, 5) is 13.4. The highest BCUT2D eigenvalue weighted by atomic mass is 79.9. The second kappa shape index (κ2) is 6.30. The third kappa shape index (κ3) is 2.91. The van der Waals surface area contributed by atoms with Crippen LogP contribution in [0.2, 0.25) is 0 Å². The number of carbonyl (C=O) groups excluding carboxylic acids is 1. The van der Waals surface area contributed by atoms with E-state index in [2.05, 4.69) is 50.1 Å². The second-order valence-corrected chi connectivity index (χ2v) is 6.93. The molecule has 1 atom stereocenters. The van der Waals surface area contributed by atoms with Gasteiger partial charge in [0.15, 0.2) is 0 Å². The van der Waals surface area contributed by atoms with E-state index in [0.29, 0.717) is 0 Å². The molecule has 2 heterocycles. The van der Waals surface area contributed by atoms with Crippen molar-refractivity contribution < 1.29 is 4.79 Å². The topological polar surface area (TPSA) is 41.1 Å². The molecule has 3 nitrogen and oxygen atoms in total. The third-order valence-electron chi connectivity index (χ3n) is 3.82. The number of hydrogen-bond acceptors (Lipinski definition) is 3. The molecular formula is C16H17BrN2OS. The Labute approximate surface area is 136 Å². The fourth-order valence-corrected chi connectivity index (χ4v) is 4.48.